The molecule has 0 spiro atoms. The lowest BCUT2D eigenvalue weighted by molar-refractivity contribution is 0.0115. The van der Waals surface area contributed by atoms with Crippen molar-refractivity contribution < 1.29 is 93.9 Å². The summed E-state index contributed by atoms with van der Waals surface area (Å²) in [4.78, 5) is 147. The molecule has 4 aliphatic carbocycles. The molecule has 0 radical (unpaired) electrons. The molecule has 32 nitrogen and oxygen atoms in total. The molecule has 44 heteroatoms. The van der Waals surface area contributed by atoms with Crippen molar-refractivity contribution in [1.82, 2.24) is 80.7 Å². The normalized spacial score (nSPS) is 23.4. The molecule has 8 aliphatic rings. The van der Waals surface area contributed by atoms with Gasteiger partial charge in [-0.25, -0.2) is 75.0 Å². The van der Waals surface area contributed by atoms with Crippen molar-refractivity contribution in [2.75, 3.05) is 47.4 Å². The van der Waals surface area contributed by atoms with Crippen molar-refractivity contribution in [3.63, 3.8) is 0 Å². The first-order valence-electron chi connectivity index (χ1n) is 48.4. The van der Waals surface area contributed by atoms with Crippen LogP contribution < -0.4 is 42.5 Å². The van der Waals surface area contributed by atoms with Crippen LogP contribution in [0.4, 0.5) is 58.4 Å². The monoisotopic (exact) mass is 2060 g/mol. The second-order valence-corrected chi connectivity index (χ2v) is 44.3. The van der Waals surface area contributed by atoms with Gasteiger partial charge in [0.05, 0.1) is 75.6 Å². The van der Waals surface area contributed by atoms with Crippen molar-refractivity contribution in [3.05, 3.63) is 114 Å². The molecule has 0 aromatic carbocycles. The summed E-state index contributed by atoms with van der Waals surface area (Å²) in [6.07, 6.45) is 10.1. The largest absolute Gasteiger partial charge is 0.393 e. The maximum absolute atomic E-state index is 14.2. The number of hydrogen-bond donors (Lipinski definition) is 12. The number of nitrogens with zero attached hydrogens (tertiary/aromatic N) is 12. The molecule has 0 bridgehead atoms. The summed E-state index contributed by atoms with van der Waals surface area (Å²) in [6, 6.07) is 4.30. The van der Waals surface area contributed by atoms with E-state index in [2.05, 4.69) is 89.3 Å². The fraction of sp³-hybridized carbons (Fsp3) is 0.592. The summed E-state index contributed by atoms with van der Waals surface area (Å²) in [7, 11) is 0. The number of halogens is 8. The topological polar surface area (TPSA) is 430 Å². The molecule has 16 rings (SSSR count). The maximum atomic E-state index is 14.2. The molecule has 8 aromatic rings. The molecule has 772 valence electrons. The van der Waals surface area contributed by atoms with Crippen LogP contribution in [0, 0.1) is 20.8 Å². The van der Waals surface area contributed by atoms with Crippen LogP contribution in [0.1, 0.15) is 315 Å². The third-order valence-electron chi connectivity index (χ3n) is 26.2. The summed E-state index contributed by atoms with van der Waals surface area (Å²) >= 11 is 4.02. The summed E-state index contributed by atoms with van der Waals surface area (Å²) < 4.78 is 113. The fourth-order valence-electron chi connectivity index (χ4n) is 18.8. The number of aromatic nitrogens is 8. The lowest BCUT2D eigenvalue weighted by atomic mass is 10.1. The summed E-state index contributed by atoms with van der Waals surface area (Å²) in [6.45, 7) is 28.6. The number of carbonyl (C=O) groups excluding carboxylic acids is 8. The molecule has 4 saturated heterocycles. The number of rotatable bonds is 25. The quantitative estimate of drug-likeness (QED) is 0.0236. The van der Waals surface area contributed by atoms with Crippen LogP contribution in [-0.4, -0.2) is 268 Å². The van der Waals surface area contributed by atoms with Gasteiger partial charge in [0.25, 0.3) is 71.5 Å². The van der Waals surface area contributed by atoms with E-state index in [-0.39, 0.29) is 119 Å². The lowest BCUT2D eigenvalue weighted by Crippen LogP contribution is -2.40. The minimum Gasteiger partial charge on any atom is -0.393 e. The van der Waals surface area contributed by atoms with Gasteiger partial charge in [-0.1, -0.05) is 6.92 Å². The number of likely N-dealkylation sites (tertiary alicyclic amines) is 4. The van der Waals surface area contributed by atoms with Gasteiger partial charge in [-0.2, -0.15) is 0 Å². The van der Waals surface area contributed by atoms with Gasteiger partial charge in [0.2, 0.25) is 0 Å². The van der Waals surface area contributed by atoms with Crippen molar-refractivity contribution in [1.29, 1.82) is 0 Å². The molecule has 4 saturated carbocycles. The Balaban J connectivity index is 0.000000159. The minimum atomic E-state index is -2.97. The second-order valence-electron chi connectivity index (χ2n) is 40.3. The number of pyridine rings is 4. The summed E-state index contributed by atoms with van der Waals surface area (Å²) in [5.41, 5.74) is 3.59. The number of aliphatic hydroxyl groups is 4. The standard InChI is InChI=1S/2C25H33F2N5O3S.2C24H31F2N5O3S/c1-13-6-5-9-32(13)24(35)19-20(36-23(30-19)22(34)29-14-7-8-15(33)10-14)17-12-28-18(31-25(2,3)4)11-16(17)21(26)27;1-5-14(3)29-19-9-13(2)16(11-28-19)21-20(24(35)32-12-25(26,27)10-15(32)4)31-23(36-21)22(34)30-17-7-6-8-18(17)33;1-12(2)28-18-7-13(3)17(10-27-18)20-19(23(34)31-11-24(25,26)9-14(31)4)30-22(35-20)21(33)29-15-5-6-16(32)8-15;1-12(2)28-18-8-13(3)15(10-27-18)20-19(23(34)31-11-24(25,26)9-14(31)4)30-22(35-20)21(33)29-16-6-5-7-17(16)32/h11-15,21,33H,5-10H2,1-4H3,(H,28,31)(H,29,34);9,11,14-15,17-18,33H,5-8,10,12H2,1-4H3,(H,28,29)(H,30,34);7,10,12,14-16,32H,5-6,8-9,11H2,1-4H3,(H,27,28)(H,29,33);8,10,12,14,16-17,32H,5-7,9,11H2,1-4H3,(H,27,28)(H,29,33)/t13-,14-,15-;14-,15+,17+,18+;14-,15-,16-;14-,16+,17+/m0100/s1. The number of amides is 8. The van der Waals surface area contributed by atoms with Gasteiger partial charge >= 0.3 is 0 Å². The number of alkyl halides is 8. The zero-order chi connectivity index (χ0) is 103. The minimum absolute atomic E-state index is 0.00430. The highest BCUT2D eigenvalue weighted by Crippen LogP contribution is 2.45. The van der Waals surface area contributed by atoms with Crippen LogP contribution in [0.3, 0.4) is 0 Å². The van der Waals surface area contributed by atoms with E-state index in [1.807, 2.05) is 101 Å². The highest BCUT2D eigenvalue weighted by molar-refractivity contribution is 7.18. The van der Waals surface area contributed by atoms with Crippen molar-refractivity contribution in [3.8, 4) is 41.8 Å². The number of anilines is 4. The van der Waals surface area contributed by atoms with Gasteiger partial charge in [0, 0.05) is 138 Å². The third-order valence-corrected chi connectivity index (χ3v) is 30.6. The number of thiazole rings is 4. The second kappa shape index (κ2) is 45.3. The molecular weight excluding hydrogens is 1930 g/mol. The number of carbonyl (C=O) groups is 8. The van der Waals surface area contributed by atoms with E-state index >= 15 is 0 Å². The smallest absolute Gasteiger partial charge is 0.280 e. The molecular formula is C98H128F8N20O12S4. The van der Waals surface area contributed by atoms with E-state index in [1.165, 1.54) is 12.3 Å². The number of aryl methyl sites for hydroxylation is 3. The van der Waals surface area contributed by atoms with Crippen LogP contribution in [-0.2, 0) is 0 Å². The van der Waals surface area contributed by atoms with Crippen molar-refractivity contribution >= 4 is 116 Å². The van der Waals surface area contributed by atoms with Gasteiger partial charge < -0.3 is 82.6 Å². The molecule has 12 heterocycles. The van der Waals surface area contributed by atoms with Gasteiger partial charge in [0.1, 0.15) is 46.0 Å². The van der Waals surface area contributed by atoms with E-state index < -0.39 is 147 Å². The van der Waals surface area contributed by atoms with E-state index in [9.17, 15) is 93.9 Å². The Bertz CT molecular complexity index is 5920. The van der Waals surface area contributed by atoms with E-state index in [1.54, 1.807) is 44.3 Å². The molecule has 8 amide bonds. The predicted molar refractivity (Wildman–Crippen MR) is 529 cm³/mol. The van der Waals surface area contributed by atoms with Gasteiger partial charge in [-0.15, -0.1) is 45.3 Å². The third kappa shape index (κ3) is 26.7. The SMILES string of the molecule is CC[C@@H](C)Nc1cc(C)c(-c2sc(C(=O)N[C@H]3CCC[C@@H]3O)nc2C(=O)N2CC(F)(F)C[C@@H]2C)cn1.C[C@H]1CCCN1C(=O)c1nc(C(=O)N[C@H]2CC[C@H](O)C2)sc1-c1cnc(NC(C)(C)C)cc1C(F)F.Cc1cc(NC(C)C)ncc1-c1sc(C(=O)N[C@@H]2CCC[C@H]2O)nc1C(=O)N1CC(F)(F)C[C@@H]1C.Cc1cc(NC(C)C)ncc1-c1sc(C(=O)N[C@H]2CC[C@H](O)C2)nc1C(=O)N1CC(F)(F)C[C@@H]1C. The summed E-state index contributed by atoms with van der Waals surface area (Å²) in [5.74, 6) is -10.8. The highest BCUT2D eigenvalue weighted by Gasteiger charge is 2.50. The van der Waals surface area contributed by atoms with Crippen LogP contribution in [0.25, 0.3) is 41.8 Å². The predicted octanol–water partition coefficient (Wildman–Crippen LogP) is 16.6. The van der Waals surface area contributed by atoms with Crippen LogP contribution in [0.2, 0.25) is 0 Å². The van der Waals surface area contributed by atoms with Crippen LogP contribution in [0.5, 0.6) is 0 Å². The lowest BCUT2D eigenvalue weighted by Gasteiger charge is -2.23. The Morgan fingerprint density at radius 3 is 1.04 bits per heavy atom. The van der Waals surface area contributed by atoms with E-state index in [0.29, 0.717) is 125 Å². The first-order chi connectivity index (χ1) is 66.8. The van der Waals surface area contributed by atoms with Crippen LogP contribution >= 0.6 is 45.3 Å². The Hall–Kier alpha value is -10.6. The van der Waals surface area contributed by atoms with Crippen molar-refractivity contribution in [2.45, 2.75) is 347 Å². The number of nitrogens with one attached hydrogen (secondary N) is 8. The zero-order valence-corrected chi connectivity index (χ0v) is 85.8. The average molecular weight is 2060 g/mol. The van der Waals surface area contributed by atoms with Crippen molar-refractivity contribution in [2.24, 2.45) is 0 Å². The average Bonchev–Trinajstić information content (AvgIpc) is 1.63. The molecule has 142 heavy (non-hydrogen) atoms. The van der Waals surface area contributed by atoms with Gasteiger partial charge in [-0.05, 0) is 241 Å². The van der Waals surface area contributed by atoms with Gasteiger partial charge in [-0.3, -0.25) is 38.4 Å². The van der Waals surface area contributed by atoms with Gasteiger partial charge in [0.15, 0.2) is 20.0 Å². The zero-order valence-electron chi connectivity index (χ0n) is 82.5. The van der Waals surface area contributed by atoms with E-state index in [0.717, 1.165) is 109 Å². The number of aliphatic hydroxyl groups excluding tert-OH is 4. The van der Waals surface area contributed by atoms with Crippen LogP contribution in [0.15, 0.2) is 49.1 Å². The first kappa shape index (κ1) is 109. The maximum Gasteiger partial charge on any atom is 0.280 e. The number of hydrogen-bond acceptors (Lipinski definition) is 28. The highest BCUT2D eigenvalue weighted by atomic mass is 32.1. The molecule has 8 fully saturated rings. The fourth-order valence-corrected chi connectivity index (χ4v) is 22.9. The molecule has 4 aliphatic heterocycles. The molecule has 8 aromatic heterocycles. The molecule has 13 atom stereocenters. The molecule has 0 unspecified atom stereocenters. The van der Waals surface area contributed by atoms with E-state index in [4.69, 9.17) is 0 Å². The Morgan fingerprint density at radius 2 is 0.761 bits per heavy atom. The molecule has 12 N–H and O–H groups in total. The summed E-state index contributed by atoms with van der Waals surface area (Å²) in [5, 5.41) is 64.1. The Kier molecular flexibility index (Phi) is 34.7. The first-order valence-corrected chi connectivity index (χ1v) is 51.7. The Labute approximate surface area is 835 Å². The Morgan fingerprint density at radius 1 is 0.430 bits per heavy atom.